The molecule has 4 rings (SSSR count). The van der Waals surface area contributed by atoms with Gasteiger partial charge < -0.3 is 20.1 Å². The van der Waals surface area contributed by atoms with Crippen molar-refractivity contribution in [1.82, 2.24) is 20.6 Å². The zero-order valence-corrected chi connectivity index (χ0v) is 18.2. The number of thiazole rings is 1. The van der Waals surface area contributed by atoms with Crippen LogP contribution in [0.25, 0.3) is 10.2 Å². The molecule has 1 aliphatic carbocycles. The zero-order valence-electron chi connectivity index (χ0n) is 16.6. The van der Waals surface area contributed by atoms with E-state index in [1.165, 1.54) is 23.8 Å². The molecule has 32 heavy (non-hydrogen) atoms. The number of carbonyl (C=O) groups is 2. The lowest BCUT2D eigenvalue weighted by Gasteiger charge is -2.35. The minimum atomic E-state index is -4.63. The Hall–Kier alpha value is -2.93. The third-order valence-electron chi connectivity index (χ3n) is 4.79. The molecule has 0 unspecified atom stereocenters. The molecule has 0 saturated heterocycles. The van der Waals surface area contributed by atoms with E-state index < -0.39 is 29.8 Å². The van der Waals surface area contributed by atoms with Gasteiger partial charge in [-0.15, -0.1) is 22.7 Å². The Morgan fingerprint density at radius 3 is 2.72 bits per heavy atom. The second kappa shape index (κ2) is 8.90. The molecule has 3 aromatic rings. The summed E-state index contributed by atoms with van der Waals surface area (Å²) in [6.45, 7) is 0.0641. The fraction of sp³-hybridized carbons (Fsp3) is 0.368. The maximum Gasteiger partial charge on any atom is 0.418 e. The number of fused-ring (bicyclic) bond motifs is 1. The van der Waals surface area contributed by atoms with E-state index in [1.54, 1.807) is 11.6 Å². The number of halogens is 3. The predicted molar refractivity (Wildman–Crippen MR) is 111 cm³/mol. The van der Waals surface area contributed by atoms with Crippen molar-refractivity contribution < 1.29 is 32.2 Å². The number of hydrogen-bond acceptors (Lipinski definition) is 8. The Morgan fingerprint density at radius 1 is 1.28 bits per heavy atom. The Morgan fingerprint density at radius 2 is 2.06 bits per heavy atom. The number of hydrogen-bond donors (Lipinski definition) is 2. The highest BCUT2D eigenvalue weighted by Crippen LogP contribution is 2.40. The van der Waals surface area contributed by atoms with Gasteiger partial charge in [-0.05, 0) is 0 Å². The van der Waals surface area contributed by atoms with Crippen LogP contribution in [0.3, 0.4) is 0 Å². The summed E-state index contributed by atoms with van der Waals surface area (Å²) in [4.78, 5) is 32.0. The Bertz CT molecular complexity index is 1130. The van der Waals surface area contributed by atoms with Crippen molar-refractivity contribution in [1.29, 1.82) is 0 Å². The highest BCUT2D eigenvalue weighted by atomic mass is 32.1. The van der Waals surface area contributed by atoms with Crippen LogP contribution in [0.5, 0.6) is 5.88 Å². The largest absolute Gasteiger partial charge is 0.474 e. The molecule has 2 amide bonds. The smallest absolute Gasteiger partial charge is 0.418 e. The van der Waals surface area contributed by atoms with Crippen molar-refractivity contribution in [2.24, 2.45) is 0 Å². The molecule has 1 saturated carbocycles. The molecule has 0 radical (unpaired) electrons. The lowest BCUT2D eigenvalue weighted by atomic mass is 9.89. The summed E-state index contributed by atoms with van der Waals surface area (Å²) in [5.74, 6) is -0.749. The van der Waals surface area contributed by atoms with Crippen molar-refractivity contribution in [2.45, 2.75) is 37.8 Å². The fourth-order valence-electron chi connectivity index (χ4n) is 3.16. The summed E-state index contributed by atoms with van der Waals surface area (Å²) in [7, 11) is 1.39. The standard InChI is InChI=1S/C19H17F3N4O4S2/c1-23-17(27)11-8-32-16-12(19(20,21)22)6-13(26-15(11)16)30-10-4-9(5-10)25-18(28)29-7-14-24-2-3-31-14/h2-3,6,8-10H,4-5,7H2,1H3,(H,23,27)(H,25,28). The van der Waals surface area contributed by atoms with E-state index in [0.29, 0.717) is 17.8 Å². The number of nitrogens with zero attached hydrogens (tertiary/aromatic N) is 2. The third kappa shape index (κ3) is 4.78. The number of alkyl carbamates (subject to hydrolysis) is 1. The maximum absolute atomic E-state index is 13.6. The molecule has 3 aromatic heterocycles. The summed E-state index contributed by atoms with van der Waals surface area (Å²) in [6.07, 6.45) is -3.27. The Balaban J connectivity index is 1.40. The van der Waals surface area contributed by atoms with Crippen LogP contribution in [0, 0.1) is 0 Å². The topological polar surface area (TPSA) is 102 Å². The van der Waals surface area contributed by atoms with Crippen LogP contribution in [0.4, 0.5) is 18.0 Å². The third-order valence-corrected chi connectivity index (χ3v) is 6.55. The molecule has 13 heteroatoms. The minimum absolute atomic E-state index is 0.0552. The molecular weight excluding hydrogens is 469 g/mol. The number of thiophene rings is 1. The lowest BCUT2D eigenvalue weighted by Crippen LogP contribution is -2.49. The Kier molecular flexibility index (Phi) is 6.20. The number of nitrogens with one attached hydrogen (secondary N) is 2. The van der Waals surface area contributed by atoms with Gasteiger partial charge >= 0.3 is 12.3 Å². The van der Waals surface area contributed by atoms with Gasteiger partial charge in [0.2, 0.25) is 5.88 Å². The van der Waals surface area contributed by atoms with Crippen molar-refractivity contribution in [3.63, 3.8) is 0 Å². The van der Waals surface area contributed by atoms with Crippen LogP contribution >= 0.6 is 22.7 Å². The van der Waals surface area contributed by atoms with Crippen LogP contribution in [-0.2, 0) is 17.5 Å². The number of alkyl halides is 3. The van der Waals surface area contributed by atoms with Crippen molar-refractivity contribution in [2.75, 3.05) is 7.05 Å². The average molecular weight is 486 g/mol. The van der Waals surface area contributed by atoms with E-state index >= 15 is 0 Å². The first-order valence-electron chi connectivity index (χ1n) is 9.44. The molecule has 0 aliphatic heterocycles. The molecule has 8 nitrogen and oxygen atoms in total. The average Bonchev–Trinajstić information content (AvgIpc) is 3.38. The van der Waals surface area contributed by atoms with Crippen LogP contribution in [0.1, 0.15) is 33.8 Å². The van der Waals surface area contributed by atoms with Gasteiger partial charge in [0.25, 0.3) is 5.91 Å². The molecule has 1 aliphatic rings. The maximum atomic E-state index is 13.6. The Labute approximate surface area is 187 Å². The molecule has 0 atom stereocenters. The van der Waals surface area contributed by atoms with Crippen molar-refractivity contribution >= 4 is 44.9 Å². The monoisotopic (exact) mass is 486 g/mol. The van der Waals surface area contributed by atoms with Gasteiger partial charge in [0.05, 0.1) is 21.3 Å². The molecule has 0 spiro atoms. The minimum Gasteiger partial charge on any atom is -0.474 e. The van der Waals surface area contributed by atoms with Crippen molar-refractivity contribution in [3.8, 4) is 5.88 Å². The van der Waals surface area contributed by atoms with Gasteiger partial charge in [-0.1, -0.05) is 0 Å². The van der Waals surface area contributed by atoms with Gasteiger partial charge in [0.15, 0.2) is 0 Å². The first kappa shape index (κ1) is 22.3. The predicted octanol–water partition coefficient (Wildman–Crippen LogP) is 3.97. The molecule has 0 aromatic carbocycles. The first-order chi connectivity index (χ1) is 15.2. The van der Waals surface area contributed by atoms with E-state index in [2.05, 4.69) is 20.6 Å². The van der Waals surface area contributed by atoms with Gasteiger partial charge in [-0.25, -0.2) is 14.8 Å². The summed E-state index contributed by atoms with van der Waals surface area (Å²) in [6, 6.07) is 0.618. The van der Waals surface area contributed by atoms with Crippen LogP contribution < -0.4 is 15.4 Å². The summed E-state index contributed by atoms with van der Waals surface area (Å²) in [5, 5.41) is 8.85. The number of aromatic nitrogens is 2. The van der Waals surface area contributed by atoms with Gasteiger partial charge in [-0.2, -0.15) is 13.2 Å². The van der Waals surface area contributed by atoms with Gasteiger partial charge in [0, 0.05) is 49.0 Å². The summed E-state index contributed by atoms with van der Waals surface area (Å²) >= 11 is 2.17. The fourth-order valence-corrected chi connectivity index (χ4v) is 4.71. The summed E-state index contributed by atoms with van der Waals surface area (Å²) in [5.41, 5.74) is -0.907. The molecule has 1 fully saturated rings. The normalized spacial score (nSPS) is 18.1. The molecule has 2 N–H and O–H groups in total. The second-order valence-corrected chi connectivity index (χ2v) is 8.83. The van der Waals surface area contributed by atoms with Crippen LogP contribution in [-0.4, -0.2) is 41.2 Å². The lowest BCUT2D eigenvalue weighted by molar-refractivity contribution is -0.136. The van der Waals surface area contributed by atoms with Gasteiger partial charge in [0.1, 0.15) is 17.7 Å². The summed E-state index contributed by atoms with van der Waals surface area (Å²) < 4.78 is 51.2. The molecule has 170 valence electrons. The van der Waals surface area contributed by atoms with Crippen LogP contribution in [0.15, 0.2) is 23.0 Å². The van der Waals surface area contributed by atoms with Crippen LogP contribution in [0.2, 0.25) is 0 Å². The van der Waals surface area contributed by atoms with E-state index in [9.17, 15) is 22.8 Å². The number of pyridine rings is 1. The number of amides is 2. The highest BCUT2D eigenvalue weighted by Gasteiger charge is 2.37. The zero-order chi connectivity index (χ0) is 22.9. The van der Waals surface area contributed by atoms with E-state index in [1.807, 2.05) is 0 Å². The highest BCUT2D eigenvalue weighted by molar-refractivity contribution is 7.17. The van der Waals surface area contributed by atoms with E-state index in [-0.39, 0.29) is 34.3 Å². The molecule has 3 heterocycles. The number of ether oxygens (including phenoxy) is 2. The second-order valence-electron chi connectivity index (χ2n) is 6.97. The number of carbonyl (C=O) groups excluding carboxylic acids is 2. The number of rotatable bonds is 6. The molecule has 0 bridgehead atoms. The van der Waals surface area contributed by atoms with E-state index in [4.69, 9.17) is 9.47 Å². The molecular formula is C19H17F3N4O4S2. The van der Waals surface area contributed by atoms with E-state index in [0.717, 1.165) is 17.4 Å². The van der Waals surface area contributed by atoms with Crippen molar-refractivity contribution in [3.05, 3.63) is 39.2 Å². The quantitative estimate of drug-likeness (QED) is 0.547. The van der Waals surface area contributed by atoms with Gasteiger partial charge in [-0.3, -0.25) is 4.79 Å². The first-order valence-corrected chi connectivity index (χ1v) is 11.2. The SMILES string of the molecule is CNC(=O)c1csc2c(C(F)(F)F)cc(OC3CC(NC(=O)OCc4nccs4)C3)nc12.